The standard InChI is InChI=1S/C8H7BrN4O/c9-7-3-12-13(4-7)8-10-1-6(5-14)2-11-8/h1-4,14H,5H2. The van der Waals surface area contributed by atoms with Crippen molar-refractivity contribution in [1.29, 1.82) is 0 Å². The van der Waals surface area contributed by atoms with E-state index < -0.39 is 0 Å². The summed E-state index contributed by atoms with van der Waals surface area (Å²) >= 11 is 3.28. The second kappa shape index (κ2) is 3.85. The smallest absolute Gasteiger partial charge is 0.250 e. The van der Waals surface area contributed by atoms with Crippen LogP contribution in [0, 0.1) is 0 Å². The summed E-state index contributed by atoms with van der Waals surface area (Å²) in [5.74, 6) is 0.480. The van der Waals surface area contributed by atoms with Gasteiger partial charge in [-0.15, -0.1) is 0 Å². The molecule has 0 unspecified atom stereocenters. The van der Waals surface area contributed by atoms with Crippen LogP contribution in [-0.2, 0) is 6.61 Å². The van der Waals surface area contributed by atoms with Gasteiger partial charge >= 0.3 is 0 Å². The summed E-state index contributed by atoms with van der Waals surface area (Å²) in [7, 11) is 0. The lowest BCUT2D eigenvalue weighted by Crippen LogP contribution is -2.01. The van der Waals surface area contributed by atoms with E-state index in [1.54, 1.807) is 29.5 Å². The molecule has 0 amide bonds. The van der Waals surface area contributed by atoms with Crippen LogP contribution in [0.5, 0.6) is 0 Å². The highest BCUT2D eigenvalue weighted by Crippen LogP contribution is 2.09. The third-order valence-corrected chi connectivity index (χ3v) is 2.04. The maximum absolute atomic E-state index is 8.79. The number of nitrogens with zero attached hydrogens (tertiary/aromatic N) is 4. The number of hydrogen-bond donors (Lipinski definition) is 1. The minimum atomic E-state index is -0.0525. The van der Waals surface area contributed by atoms with Crippen LogP contribution in [-0.4, -0.2) is 24.9 Å². The topological polar surface area (TPSA) is 63.8 Å². The van der Waals surface area contributed by atoms with Crippen molar-refractivity contribution < 1.29 is 5.11 Å². The van der Waals surface area contributed by atoms with Crippen molar-refractivity contribution in [2.45, 2.75) is 6.61 Å². The summed E-state index contributed by atoms with van der Waals surface area (Å²) in [6.07, 6.45) is 6.55. The van der Waals surface area contributed by atoms with Crippen molar-refractivity contribution in [2.75, 3.05) is 0 Å². The number of aliphatic hydroxyl groups is 1. The lowest BCUT2D eigenvalue weighted by atomic mass is 10.4. The third kappa shape index (κ3) is 1.80. The molecule has 2 heterocycles. The minimum Gasteiger partial charge on any atom is -0.392 e. The molecule has 0 bridgehead atoms. The molecule has 0 aromatic carbocycles. The second-order valence-corrected chi connectivity index (χ2v) is 3.57. The zero-order valence-electron chi connectivity index (χ0n) is 7.13. The maximum atomic E-state index is 8.79. The van der Waals surface area contributed by atoms with Crippen LogP contribution in [0.25, 0.3) is 5.95 Å². The van der Waals surface area contributed by atoms with Crippen molar-refractivity contribution in [2.24, 2.45) is 0 Å². The quantitative estimate of drug-likeness (QED) is 0.866. The number of hydrogen-bond acceptors (Lipinski definition) is 4. The first-order chi connectivity index (χ1) is 6.79. The van der Waals surface area contributed by atoms with Gasteiger partial charge in [0.2, 0.25) is 5.95 Å². The number of rotatable bonds is 2. The fourth-order valence-corrected chi connectivity index (χ4v) is 1.24. The minimum absolute atomic E-state index is 0.0525. The van der Waals surface area contributed by atoms with Gasteiger partial charge in [0.15, 0.2) is 0 Å². The highest BCUT2D eigenvalue weighted by Gasteiger charge is 2.01. The molecule has 6 heteroatoms. The van der Waals surface area contributed by atoms with E-state index in [9.17, 15) is 0 Å². The van der Waals surface area contributed by atoms with E-state index in [4.69, 9.17) is 5.11 Å². The lowest BCUT2D eigenvalue weighted by molar-refractivity contribution is 0.281. The molecule has 14 heavy (non-hydrogen) atoms. The zero-order valence-corrected chi connectivity index (χ0v) is 8.72. The van der Waals surface area contributed by atoms with Gasteiger partial charge in [-0.25, -0.2) is 14.6 Å². The first-order valence-corrected chi connectivity index (χ1v) is 4.71. The Morgan fingerprint density at radius 2 is 2.00 bits per heavy atom. The summed E-state index contributed by atoms with van der Waals surface area (Å²) in [6.45, 7) is -0.0525. The van der Waals surface area contributed by atoms with Gasteiger partial charge in [0, 0.05) is 24.2 Å². The van der Waals surface area contributed by atoms with Crippen LogP contribution in [0.4, 0.5) is 0 Å². The molecule has 2 aromatic rings. The van der Waals surface area contributed by atoms with Crippen molar-refractivity contribution in [3.05, 3.63) is 34.8 Å². The molecule has 0 fully saturated rings. The van der Waals surface area contributed by atoms with Crippen molar-refractivity contribution in [3.8, 4) is 5.95 Å². The molecule has 0 saturated carbocycles. The summed E-state index contributed by atoms with van der Waals surface area (Å²) in [4.78, 5) is 8.08. The van der Waals surface area contributed by atoms with Gasteiger partial charge in [-0.3, -0.25) is 0 Å². The van der Waals surface area contributed by atoms with Crippen LogP contribution in [0.3, 0.4) is 0 Å². The van der Waals surface area contributed by atoms with Gasteiger partial charge in [-0.1, -0.05) is 0 Å². The molecule has 0 saturated heterocycles. The summed E-state index contributed by atoms with van der Waals surface area (Å²) < 4.78 is 2.41. The average Bonchev–Trinajstić information content (AvgIpc) is 2.65. The van der Waals surface area contributed by atoms with Crippen molar-refractivity contribution >= 4 is 15.9 Å². The molecule has 5 nitrogen and oxygen atoms in total. The Bertz CT molecular complexity index is 425. The Kier molecular flexibility index (Phi) is 2.55. The second-order valence-electron chi connectivity index (χ2n) is 2.65. The molecule has 0 aliphatic carbocycles. The summed E-state index contributed by atoms with van der Waals surface area (Å²) in [6, 6.07) is 0. The predicted molar refractivity (Wildman–Crippen MR) is 52.8 cm³/mol. The Labute approximate surface area is 88.6 Å². The van der Waals surface area contributed by atoms with E-state index in [0.717, 1.165) is 4.47 Å². The molecule has 1 N–H and O–H groups in total. The Balaban J connectivity index is 2.33. The lowest BCUT2D eigenvalue weighted by Gasteiger charge is -1.98. The zero-order chi connectivity index (χ0) is 9.97. The number of halogens is 1. The highest BCUT2D eigenvalue weighted by atomic mass is 79.9. The fraction of sp³-hybridized carbons (Fsp3) is 0.125. The number of aromatic nitrogens is 4. The van der Waals surface area contributed by atoms with Crippen molar-refractivity contribution in [1.82, 2.24) is 19.7 Å². The molecular formula is C8H7BrN4O. The highest BCUT2D eigenvalue weighted by molar-refractivity contribution is 9.10. The Hall–Kier alpha value is -1.27. The number of aliphatic hydroxyl groups excluding tert-OH is 1. The van der Waals surface area contributed by atoms with E-state index in [0.29, 0.717) is 11.5 Å². The van der Waals surface area contributed by atoms with Gasteiger partial charge in [0.25, 0.3) is 0 Å². The van der Waals surface area contributed by atoms with E-state index >= 15 is 0 Å². The van der Waals surface area contributed by atoms with Gasteiger partial charge in [0.05, 0.1) is 17.3 Å². The molecule has 0 spiro atoms. The van der Waals surface area contributed by atoms with E-state index in [-0.39, 0.29) is 6.61 Å². The van der Waals surface area contributed by atoms with Crippen LogP contribution < -0.4 is 0 Å². The van der Waals surface area contributed by atoms with E-state index in [1.165, 1.54) is 0 Å². The third-order valence-electron chi connectivity index (χ3n) is 1.63. The molecule has 0 atom stereocenters. The maximum Gasteiger partial charge on any atom is 0.250 e. The molecule has 0 radical (unpaired) electrons. The molecule has 72 valence electrons. The predicted octanol–water partition coefficient (Wildman–Crippen LogP) is 0.917. The van der Waals surface area contributed by atoms with E-state index in [1.807, 2.05) is 0 Å². The van der Waals surface area contributed by atoms with Gasteiger partial charge in [-0.2, -0.15) is 5.10 Å². The first-order valence-electron chi connectivity index (χ1n) is 3.92. The van der Waals surface area contributed by atoms with Crippen LogP contribution in [0.1, 0.15) is 5.56 Å². The van der Waals surface area contributed by atoms with E-state index in [2.05, 4.69) is 31.0 Å². The van der Waals surface area contributed by atoms with Crippen LogP contribution in [0.2, 0.25) is 0 Å². The monoisotopic (exact) mass is 254 g/mol. The average molecular weight is 255 g/mol. The van der Waals surface area contributed by atoms with Crippen molar-refractivity contribution in [3.63, 3.8) is 0 Å². The van der Waals surface area contributed by atoms with Crippen LogP contribution >= 0.6 is 15.9 Å². The molecular weight excluding hydrogens is 248 g/mol. The summed E-state index contributed by atoms with van der Waals surface area (Å²) in [5.41, 5.74) is 0.681. The SMILES string of the molecule is OCc1cnc(-n2cc(Br)cn2)nc1. The summed E-state index contributed by atoms with van der Waals surface area (Å²) in [5, 5.41) is 12.8. The molecule has 0 aliphatic heterocycles. The molecule has 2 aromatic heterocycles. The fourth-order valence-electron chi connectivity index (χ4n) is 0.958. The van der Waals surface area contributed by atoms with Gasteiger partial charge in [-0.05, 0) is 15.9 Å². The Morgan fingerprint density at radius 3 is 2.50 bits per heavy atom. The largest absolute Gasteiger partial charge is 0.392 e. The van der Waals surface area contributed by atoms with Gasteiger partial charge in [0.1, 0.15) is 0 Å². The first kappa shape index (κ1) is 9.29. The molecule has 0 aliphatic rings. The Morgan fingerprint density at radius 1 is 1.29 bits per heavy atom. The normalized spacial score (nSPS) is 10.4. The van der Waals surface area contributed by atoms with Gasteiger partial charge < -0.3 is 5.11 Å². The van der Waals surface area contributed by atoms with Crippen LogP contribution in [0.15, 0.2) is 29.3 Å². The molecule has 2 rings (SSSR count).